The second-order valence-corrected chi connectivity index (χ2v) is 7.28. The molecule has 1 aromatic heterocycles. The smallest absolute Gasteiger partial charge is 0.205 e. The second-order valence-electron chi connectivity index (χ2n) is 5.38. The summed E-state index contributed by atoms with van der Waals surface area (Å²) in [6, 6.07) is 7.55. The van der Waals surface area contributed by atoms with E-state index >= 15 is 0 Å². The number of hydrogen-bond donors (Lipinski definition) is 3. The van der Waals surface area contributed by atoms with Crippen LogP contribution in [0.25, 0.3) is 6.08 Å². The molecular formula is C18H20Cl2N6S. The van der Waals surface area contributed by atoms with E-state index in [2.05, 4.69) is 25.6 Å². The molecule has 0 atom stereocenters. The topological polar surface area (TPSA) is 88.9 Å². The van der Waals surface area contributed by atoms with Gasteiger partial charge in [-0.15, -0.1) is 0 Å². The predicted octanol–water partition coefficient (Wildman–Crippen LogP) is 4.07. The van der Waals surface area contributed by atoms with Crippen molar-refractivity contribution in [3.8, 4) is 6.19 Å². The van der Waals surface area contributed by atoms with Gasteiger partial charge in [-0.2, -0.15) is 17.0 Å². The minimum Gasteiger partial charge on any atom is -0.356 e. The number of hydrogen-bond acceptors (Lipinski definition) is 4. The van der Waals surface area contributed by atoms with Crippen molar-refractivity contribution < 1.29 is 0 Å². The van der Waals surface area contributed by atoms with Crippen LogP contribution in [0.4, 0.5) is 0 Å². The number of aromatic nitrogens is 2. The minimum absolute atomic E-state index is 0.465. The molecular weight excluding hydrogens is 403 g/mol. The molecule has 0 fully saturated rings. The van der Waals surface area contributed by atoms with Crippen LogP contribution in [-0.4, -0.2) is 34.8 Å². The first kappa shape index (κ1) is 21.2. The van der Waals surface area contributed by atoms with Crippen LogP contribution in [0.3, 0.4) is 0 Å². The molecule has 0 saturated heterocycles. The maximum atomic E-state index is 8.83. The first-order valence-corrected chi connectivity index (χ1v) is 10.2. The Morgan fingerprint density at radius 2 is 2.15 bits per heavy atom. The normalized spacial score (nSPS) is 11.5. The second kappa shape index (κ2) is 12.3. The Kier molecular flexibility index (Phi) is 9.63. The third kappa shape index (κ3) is 8.39. The number of imidazole rings is 1. The highest BCUT2D eigenvalue weighted by Crippen LogP contribution is 2.17. The minimum atomic E-state index is 0.465. The summed E-state index contributed by atoms with van der Waals surface area (Å²) < 4.78 is 0. The number of nitrogens with zero attached hydrogens (tertiary/aromatic N) is 3. The zero-order chi connectivity index (χ0) is 19.3. The Morgan fingerprint density at radius 3 is 2.85 bits per heavy atom. The van der Waals surface area contributed by atoms with Crippen LogP contribution in [-0.2, 0) is 5.75 Å². The molecule has 2 aromatic rings. The molecule has 0 radical (unpaired) electrons. The number of H-pyrrole nitrogens is 1. The number of aliphatic imine (C=N–C) groups is 1. The summed E-state index contributed by atoms with van der Waals surface area (Å²) in [5.41, 5.74) is 1.99. The van der Waals surface area contributed by atoms with E-state index in [1.54, 1.807) is 18.1 Å². The SMILES string of the molecule is N#CNC(=NC/C=C/c1ccc(Cl)cc1)NCCCSCc1[nH]cnc1Cl. The first-order valence-electron chi connectivity index (χ1n) is 8.30. The number of rotatable bonds is 9. The lowest BCUT2D eigenvalue weighted by atomic mass is 10.2. The zero-order valence-corrected chi connectivity index (χ0v) is 16.9. The number of nitrogens with one attached hydrogen (secondary N) is 3. The molecule has 0 aliphatic heterocycles. The molecule has 9 heteroatoms. The monoisotopic (exact) mass is 422 g/mol. The van der Waals surface area contributed by atoms with E-state index in [0.29, 0.717) is 22.7 Å². The Hall–Kier alpha value is -2.14. The van der Waals surface area contributed by atoms with Crippen LogP contribution in [0.15, 0.2) is 41.7 Å². The first-order chi connectivity index (χ1) is 13.2. The van der Waals surface area contributed by atoms with Gasteiger partial charge in [0.15, 0.2) is 11.3 Å². The number of benzene rings is 1. The summed E-state index contributed by atoms with van der Waals surface area (Å²) in [5.74, 6) is 2.23. The Bertz CT molecular complexity index is 795. The van der Waals surface area contributed by atoms with Gasteiger partial charge in [0.2, 0.25) is 5.96 Å². The molecule has 27 heavy (non-hydrogen) atoms. The maximum Gasteiger partial charge on any atom is 0.205 e. The third-order valence-electron chi connectivity index (χ3n) is 3.38. The summed E-state index contributed by atoms with van der Waals surface area (Å²) in [4.78, 5) is 11.3. The van der Waals surface area contributed by atoms with Crippen molar-refractivity contribution >= 4 is 47.0 Å². The van der Waals surface area contributed by atoms with Crippen LogP contribution in [0, 0.1) is 11.5 Å². The Balaban J connectivity index is 1.66. The summed E-state index contributed by atoms with van der Waals surface area (Å²) in [5, 5.41) is 15.8. The highest BCUT2D eigenvalue weighted by atomic mass is 35.5. The van der Waals surface area contributed by atoms with Gasteiger partial charge in [0.1, 0.15) is 0 Å². The summed E-state index contributed by atoms with van der Waals surface area (Å²) >= 11 is 13.6. The van der Waals surface area contributed by atoms with Gasteiger partial charge in [-0.25, -0.2) is 9.98 Å². The highest BCUT2D eigenvalue weighted by Gasteiger charge is 2.02. The molecule has 0 amide bonds. The van der Waals surface area contributed by atoms with Gasteiger partial charge in [0.05, 0.1) is 18.6 Å². The molecule has 0 bridgehead atoms. The lowest BCUT2D eigenvalue weighted by molar-refractivity contribution is 0.824. The van der Waals surface area contributed by atoms with Crippen molar-refractivity contribution in [3.63, 3.8) is 0 Å². The van der Waals surface area contributed by atoms with Crippen molar-refractivity contribution in [2.75, 3.05) is 18.8 Å². The largest absolute Gasteiger partial charge is 0.356 e. The summed E-state index contributed by atoms with van der Waals surface area (Å²) in [7, 11) is 0. The lowest BCUT2D eigenvalue weighted by Gasteiger charge is -2.07. The van der Waals surface area contributed by atoms with Gasteiger partial charge < -0.3 is 10.3 Å². The lowest BCUT2D eigenvalue weighted by Crippen LogP contribution is -2.35. The maximum absolute atomic E-state index is 8.83. The number of nitriles is 1. The van der Waals surface area contributed by atoms with Gasteiger partial charge in [-0.1, -0.05) is 47.5 Å². The fourth-order valence-electron chi connectivity index (χ4n) is 2.06. The van der Waals surface area contributed by atoms with Crippen molar-refractivity contribution in [2.45, 2.75) is 12.2 Å². The molecule has 142 valence electrons. The van der Waals surface area contributed by atoms with E-state index in [0.717, 1.165) is 35.7 Å². The van der Waals surface area contributed by atoms with Crippen LogP contribution in [0.5, 0.6) is 0 Å². The van der Waals surface area contributed by atoms with Crippen molar-refractivity contribution in [1.82, 2.24) is 20.6 Å². The fraction of sp³-hybridized carbons (Fsp3) is 0.278. The Labute approximate surface area is 173 Å². The van der Waals surface area contributed by atoms with E-state index in [9.17, 15) is 0 Å². The molecule has 6 nitrogen and oxygen atoms in total. The van der Waals surface area contributed by atoms with E-state index in [-0.39, 0.29) is 0 Å². The van der Waals surface area contributed by atoms with E-state index < -0.39 is 0 Å². The molecule has 1 aromatic carbocycles. The van der Waals surface area contributed by atoms with Crippen molar-refractivity contribution in [2.24, 2.45) is 4.99 Å². The molecule has 2 rings (SSSR count). The summed E-state index contributed by atoms with van der Waals surface area (Å²) in [6.45, 7) is 1.19. The molecule has 0 spiro atoms. The third-order valence-corrected chi connectivity index (χ3v) is 5.03. The van der Waals surface area contributed by atoms with Gasteiger partial charge in [0, 0.05) is 17.3 Å². The van der Waals surface area contributed by atoms with Crippen LogP contribution >= 0.6 is 35.0 Å². The van der Waals surface area contributed by atoms with Crippen LogP contribution in [0.1, 0.15) is 17.7 Å². The van der Waals surface area contributed by atoms with Crippen LogP contribution < -0.4 is 10.6 Å². The quantitative estimate of drug-likeness (QED) is 0.186. The summed E-state index contributed by atoms with van der Waals surface area (Å²) in [6.07, 6.45) is 8.31. The van der Waals surface area contributed by atoms with Gasteiger partial charge in [0.25, 0.3) is 0 Å². The molecule has 0 aliphatic rings. The highest BCUT2D eigenvalue weighted by molar-refractivity contribution is 7.98. The average Bonchev–Trinajstić information content (AvgIpc) is 3.07. The van der Waals surface area contributed by atoms with Gasteiger partial charge in [-0.05, 0) is 29.9 Å². The number of thioether (sulfide) groups is 1. The van der Waals surface area contributed by atoms with E-state index in [1.165, 1.54) is 0 Å². The molecule has 0 saturated carbocycles. The zero-order valence-electron chi connectivity index (χ0n) is 14.6. The molecule has 0 unspecified atom stereocenters. The fourth-order valence-corrected chi connectivity index (χ4v) is 3.35. The van der Waals surface area contributed by atoms with Gasteiger partial charge in [-0.3, -0.25) is 5.32 Å². The predicted molar refractivity (Wildman–Crippen MR) is 114 cm³/mol. The van der Waals surface area contributed by atoms with Crippen LogP contribution in [0.2, 0.25) is 10.2 Å². The molecule has 1 heterocycles. The molecule has 3 N–H and O–H groups in total. The van der Waals surface area contributed by atoms with Crippen molar-refractivity contribution in [3.05, 3.63) is 58.1 Å². The average molecular weight is 423 g/mol. The van der Waals surface area contributed by atoms with E-state index in [1.807, 2.05) is 42.6 Å². The van der Waals surface area contributed by atoms with Gasteiger partial charge >= 0.3 is 0 Å². The number of guanidine groups is 1. The number of halogens is 2. The molecule has 0 aliphatic carbocycles. The Morgan fingerprint density at radius 1 is 1.33 bits per heavy atom. The number of aromatic amines is 1. The standard InChI is InChI=1S/C18H20Cl2N6S/c19-15-6-4-14(5-7-15)3-1-8-22-18(24-12-21)23-9-2-10-27-11-16-17(20)26-13-25-16/h1,3-7,13H,2,8-11H2,(H,25,26)(H2,22,23,24)/b3-1+. The van der Waals surface area contributed by atoms with Crippen molar-refractivity contribution in [1.29, 1.82) is 5.26 Å². The van der Waals surface area contributed by atoms with E-state index in [4.69, 9.17) is 28.5 Å².